The Kier molecular flexibility index (Phi) is 6.01. The quantitative estimate of drug-likeness (QED) is 0.302. The molecule has 122 valence electrons. The number of carbonyl (C=O) groups is 1. The summed E-state index contributed by atoms with van der Waals surface area (Å²) in [6.07, 6.45) is 4.72. The van der Waals surface area contributed by atoms with Crippen molar-refractivity contribution in [2.24, 2.45) is 16.8 Å². The number of carbonyl (C=O) groups excluding carboxylic acids is 1. The minimum atomic E-state index is -0.721. The summed E-state index contributed by atoms with van der Waals surface area (Å²) in [6.45, 7) is 5.88. The molecule has 0 unspecified atom stereocenters. The third-order valence-electron chi connectivity index (χ3n) is 4.65. The van der Waals surface area contributed by atoms with E-state index < -0.39 is 11.1 Å². The lowest BCUT2D eigenvalue weighted by atomic mass is 9.74. The van der Waals surface area contributed by atoms with Crippen molar-refractivity contribution in [1.82, 2.24) is 5.32 Å². The molecule has 0 spiro atoms. The van der Waals surface area contributed by atoms with Crippen LogP contribution in [0.3, 0.4) is 0 Å². The molecular formula is C15H29N3O3. The molecule has 0 heterocycles. The van der Waals surface area contributed by atoms with E-state index in [9.17, 15) is 4.79 Å². The maximum atomic E-state index is 12.3. The number of methoxy groups -OCH3 is 1. The summed E-state index contributed by atoms with van der Waals surface area (Å²) in [7, 11) is 1.58. The predicted molar refractivity (Wildman–Crippen MR) is 82.2 cm³/mol. The SMILES string of the molecule is CCC1CCC(NC(=O)CC(C)(C)OC)(C(N)=NO)CC1. The second-order valence-electron chi connectivity index (χ2n) is 6.61. The van der Waals surface area contributed by atoms with Crippen LogP contribution in [0.25, 0.3) is 0 Å². The molecule has 0 atom stereocenters. The molecule has 1 saturated carbocycles. The van der Waals surface area contributed by atoms with Crippen LogP contribution in [0.2, 0.25) is 0 Å². The summed E-state index contributed by atoms with van der Waals surface area (Å²) in [5.74, 6) is 0.612. The highest BCUT2D eigenvalue weighted by Gasteiger charge is 2.41. The maximum absolute atomic E-state index is 12.3. The Balaban J connectivity index is 2.79. The van der Waals surface area contributed by atoms with Crippen molar-refractivity contribution in [3.05, 3.63) is 0 Å². The van der Waals surface area contributed by atoms with Crippen LogP contribution >= 0.6 is 0 Å². The van der Waals surface area contributed by atoms with Gasteiger partial charge in [0.1, 0.15) is 5.54 Å². The van der Waals surface area contributed by atoms with E-state index in [4.69, 9.17) is 15.7 Å². The fraction of sp³-hybridized carbons (Fsp3) is 0.867. The molecular weight excluding hydrogens is 270 g/mol. The Morgan fingerprint density at radius 3 is 2.48 bits per heavy atom. The summed E-state index contributed by atoms with van der Waals surface area (Å²) < 4.78 is 5.28. The van der Waals surface area contributed by atoms with Gasteiger partial charge in [0.15, 0.2) is 5.84 Å². The van der Waals surface area contributed by atoms with Crippen LogP contribution in [0, 0.1) is 5.92 Å². The van der Waals surface area contributed by atoms with E-state index in [1.807, 2.05) is 13.8 Å². The van der Waals surface area contributed by atoms with Gasteiger partial charge in [0.05, 0.1) is 12.0 Å². The molecule has 0 bridgehead atoms. The molecule has 0 saturated heterocycles. The lowest BCUT2D eigenvalue weighted by Crippen LogP contribution is -2.59. The monoisotopic (exact) mass is 299 g/mol. The average Bonchev–Trinajstić information content (AvgIpc) is 2.46. The number of oxime groups is 1. The molecule has 1 aliphatic rings. The number of nitrogens with two attached hydrogens (primary N) is 1. The van der Waals surface area contributed by atoms with Crippen LogP contribution in [-0.4, -0.2) is 35.2 Å². The van der Waals surface area contributed by atoms with Gasteiger partial charge in [0, 0.05) is 7.11 Å². The first-order chi connectivity index (χ1) is 9.78. The lowest BCUT2D eigenvalue weighted by molar-refractivity contribution is -0.127. The van der Waals surface area contributed by atoms with E-state index >= 15 is 0 Å². The minimum absolute atomic E-state index is 0.0978. The van der Waals surface area contributed by atoms with Crippen molar-refractivity contribution in [3.8, 4) is 0 Å². The molecule has 1 aliphatic carbocycles. The highest BCUT2D eigenvalue weighted by Crippen LogP contribution is 2.34. The predicted octanol–water partition coefficient (Wildman–Crippen LogP) is 2.00. The zero-order chi connectivity index (χ0) is 16.1. The number of hydrogen-bond acceptors (Lipinski definition) is 4. The number of nitrogens with zero attached hydrogens (tertiary/aromatic N) is 1. The fourth-order valence-electron chi connectivity index (χ4n) is 2.89. The number of rotatable bonds is 6. The maximum Gasteiger partial charge on any atom is 0.223 e. The van der Waals surface area contributed by atoms with Crippen molar-refractivity contribution in [3.63, 3.8) is 0 Å². The number of amidine groups is 1. The molecule has 0 aromatic carbocycles. The first kappa shape index (κ1) is 17.8. The molecule has 0 radical (unpaired) electrons. The van der Waals surface area contributed by atoms with Gasteiger partial charge in [-0.05, 0) is 45.4 Å². The zero-order valence-corrected chi connectivity index (χ0v) is 13.6. The summed E-state index contributed by atoms with van der Waals surface area (Å²) in [4.78, 5) is 12.3. The topological polar surface area (TPSA) is 96.9 Å². The van der Waals surface area contributed by atoms with Gasteiger partial charge >= 0.3 is 0 Å². The molecule has 0 aromatic heterocycles. The Labute approximate surface area is 127 Å². The van der Waals surface area contributed by atoms with Crippen LogP contribution in [0.15, 0.2) is 5.16 Å². The van der Waals surface area contributed by atoms with Gasteiger partial charge in [0.2, 0.25) is 5.91 Å². The van der Waals surface area contributed by atoms with Crippen LogP contribution < -0.4 is 11.1 Å². The smallest absolute Gasteiger partial charge is 0.223 e. The van der Waals surface area contributed by atoms with Gasteiger partial charge in [-0.25, -0.2) is 0 Å². The fourth-order valence-corrected chi connectivity index (χ4v) is 2.89. The van der Waals surface area contributed by atoms with Crippen LogP contribution in [-0.2, 0) is 9.53 Å². The Hall–Kier alpha value is -1.30. The summed E-state index contributed by atoms with van der Waals surface area (Å²) >= 11 is 0. The van der Waals surface area contributed by atoms with E-state index in [2.05, 4.69) is 17.4 Å². The molecule has 0 aromatic rings. The van der Waals surface area contributed by atoms with Gasteiger partial charge in [-0.3, -0.25) is 4.79 Å². The van der Waals surface area contributed by atoms with E-state index in [-0.39, 0.29) is 18.2 Å². The number of amides is 1. The van der Waals surface area contributed by atoms with Crippen LogP contribution in [0.4, 0.5) is 0 Å². The van der Waals surface area contributed by atoms with Gasteiger partial charge in [-0.2, -0.15) is 0 Å². The second-order valence-corrected chi connectivity index (χ2v) is 6.61. The molecule has 0 aliphatic heterocycles. The third-order valence-corrected chi connectivity index (χ3v) is 4.65. The molecule has 21 heavy (non-hydrogen) atoms. The van der Waals surface area contributed by atoms with E-state index in [0.717, 1.165) is 19.3 Å². The molecule has 6 nitrogen and oxygen atoms in total. The molecule has 1 amide bonds. The number of nitrogens with one attached hydrogen (secondary N) is 1. The van der Waals surface area contributed by atoms with Crippen molar-refractivity contribution < 1.29 is 14.7 Å². The first-order valence-electron chi connectivity index (χ1n) is 7.62. The van der Waals surface area contributed by atoms with Gasteiger partial charge in [0.25, 0.3) is 0 Å². The number of hydrogen-bond donors (Lipinski definition) is 3. The van der Waals surface area contributed by atoms with E-state index in [1.165, 1.54) is 0 Å². The zero-order valence-electron chi connectivity index (χ0n) is 13.6. The Morgan fingerprint density at radius 2 is 2.05 bits per heavy atom. The minimum Gasteiger partial charge on any atom is -0.409 e. The molecule has 1 rings (SSSR count). The van der Waals surface area contributed by atoms with Crippen LogP contribution in [0.5, 0.6) is 0 Å². The van der Waals surface area contributed by atoms with Crippen molar-refractivity contribution in [1.29, 1.82) is 0 Å². The summed E-state index contributed by atoms with van der Waals surface area (Å²) in [5.41, 5.74) is 4.62. The first-order valence-corrected chi connectivity index (χ1v) is 7.62. The molecule has 6 heteroatoms. The highest BCUT2D eigenvalue weighted by molar-refractivity contribution is 5.94. The highest BCUT2D eigenvalue weighted by atomic mass is 16.5. The Bertz CT molecular complexity index is 386. The summed E-state index contributed by atoms with van der Waals surface area (Å²) in [6, 6.07) is 0. The number of ether oxygens (including phenoxy) is 1. The van der Waals surface area contributed by atoms with E-state index in [0.29, 0.717) is 18.8 Å². The van der Waals surface area contributed by atoms with Gasteiger partial charge in [-0.1, -0.05) is 18.5 Å². The van der Waals surface area contributed by atoms with Crippen molar-refractivity contribution in [2.75, 3.05) is 7.11 Å². The van der Waals surface area contributed by atoms with E-state index in [1.54, 1.807) is 7.11 Å². The lowest BCUT2D eigenvalue weighted by Gasteiger charge is -2.40. The van der Waals surface area contributed by atoms with Crippen molar-refractivity contribution in [2.45, 2.75) is 70.4 Å². The second kappa shape index (κ2) is 7.11. The van der Waals surface area contributed by atoms with Gasteiger partial charge < -0.3 is 21.0 Å². The molecule has 4 N–H and O–H groups in total. The average molecular weight is 299 g/mol. The molecule has 1 fully saturated rings. The standard InChI is InChI=1S/C15H29N3O3/c1-5-11-6-8-15(9-7-11,13(16)18-20)17-12(19)10-14(2,3)21-4/h11,20H,5-10H2,1-4H3,(H2,16,18)(H,17,19). The summed E-state index contributed by atoms with van der Waals surface area (Å²) in [5, 5.41) is 15.2. The largest absolute Gasteiger partial charge is 0.409 e. The van der Waals surface area contributed by atoms with Crippen molar-refractivity contribution >= 4 is 11.7 Å². The normalized spacial score (nSPS) is 27.4. The Morgan fingerprint density at radius 1 is 1.48 bits per heavy atom. The third kappa shape index (κ3) is 4.59. The van der Waals surface area contributed by atoms with Crippen LogP contribution in [0.1, 0.15) is 59.3 Å². The van der Waals surface area contributed by atoms with Gasteiger partial charge in [-0.15, -0.1) is 0 Å².